The van der Waals surface area contributed by atoms with Gasteiger partial charge in [-0.25, -0.2) is 0 Å². The molecule has 0 aromatic heterocycles. The predicted octanol–water partition coefficient (Wildman–Crippen LogP) is 3.04. The smallest absolute Gasteiger partial charge is 0.169 e. The lowest BCUT2D eigenvalue weighted by molar-refractivity contribution is -0.180. The van der Waals surface area contributed by atoms with Crippen molar-refractivity contribution in [3.63, 3.8) is 0 Å². The zero-order valence-electron chi connectivity index (χ0n) is 11.1. The average molecular weight is 250 g/mol. The molecule has 1 aromatic carbocycles. The highest BCUT2D eigenvalue weighted by atomic mass is 16.8. The minimum absolute atomic E-state index is 0.0581. The van der Waals surface area contributed by atoms with E-state index >= 15 is 0 Å². The van der Waals surface area contributed by atoms with Crippen molar-refractivity contribution in [1.29, 1.82) is 0 Å². The van der Waals surface area contributed by atoms with Crippen LogP contribution in [0.25, 0.3) is 0 Å². The molecule has 18 heavy (non-hydrogen) atoms. The number of hydrogen-bond donors (Lipinski definition) is 1. The molecule has 2 atom stereocenters. The molecular formula is C15H22O3. The Bertz CT molecular complexity index is 359. The summed E-state index contributed by atoms with van der Waals surface area (Å²) in [6, 6.07) is 10.1. The Morgan fingerprint density at radius 3 is 2.33 bits per heavy atom. The second-order valence-corrected chi connectivity index (χ2v) is 4.74. The van der Waals surface area contributed by atoms with Crippen LogP contribution in [0, 0.1) is 0 Å². The molecule has 0 unspecified atom stereocenters. The van der Waals surface area contributed by atoms with Gasteiger partial charge >= 0.3 is 0 Å². The predicted molar refractivity (Wildman–Crippen MR) is 70.2 cm³/mol. The van der Waals surface area contributed by atoms with Gasteiger partial charge < -0.3 is 14.6 Å². The molecule has 1 aromatic rings. The van der Waals surface area contributed by atoms with E-state index in [2.05, 4.69) is 26.0 Å². The quantitative estimate of drug-likeness (QED) is 0.873. The summed E-state index contributed by atoms with van der Waals surface area (Å²) in [6.45, 7) is 4.28. The molecule has 0 spiro atoms. The van der Waals surface area contributed by atoms with Crippen LogP contribution < -0.4 is 0 Å². The third kappa shape index (κ3) is 2.58. The minimum Gasteiger partial charge on any atom is -0.396 e. The molecule has 3 nitrogen and oxygen atoms in total. The van der Waals surface area contributed by atoms with E-state index in [1.54, 1.807) is 0 Å². The van der Waals surface area contributed by atoms with Crippen LogP contribution >= 0.6 is 0 Å². The summed E-state index contributed by atoms with van der Waals surface area (Å²) in [7, 11) is 0. The largest absolute Gasteiger partial charge is 0.396 e. The van der Waals surface area contributed by atoms with Crippen LogP contribution in [0.4, 0.5) is 0 Å². The van der Waals surface area contributed by atoms with E-state index in [0.717, 1.165) is 18.4 Å². The summed E-state index contributed by atoms with van der Waals surface area (Å²) in [5, 5.41) is 9.17. The fraction of sp³-hybridized carbons (Fsp3) is 0.600. The highest BCUT2D eigenvalue weighted by Gasteiger charge is 2.45. The molecule has 3 heteroatoms. The van der Waals surface area contributed by atoms with Crippen LogP contribution in [0.3, 0.4) is 0 Å². The second kappa shape index (κ2) is 5.83. The Morgan fingerprint density at radius 2 is 1.78 bits per heavy atom. The van der Waals surface area contributed by atoms with Gasteiger partial charge in [0.05, 0.1) is 6.10 Å². The molecule has 1 aliphatic rings. The van der Waals surface area contributed by atoms with E-state index in [4.69, 9.17) is 9.47 Å². The third-order valence-corrected chi connectivity index (χ3v) is 3.66. The normalized spacial score (nSPS) is 26.4. The van der Waals surface area contributed by atoms with Gasteiger partial charge in [0.1, 0.15) is 6.10 Å². The Hall–Kier alpha value is -0.900. The minimum atomic E-state index is -0.486. The maximum Gasteiger partial charge on any atom is 0.169 e. The first-order valence-electron chi connectivity index (χ1n) is 6.76. The van der Waals surface area contributed by atoms with Crippen molar-refractivity contribution in [3.8, 4) is 0 Å². The van der Waals surface area contributed by atoms with Gasteiger partial charge in [0, 0.05) is 6.61 Å². The molecule has 1 aliphatic heterocycles. The topological polar surface area (TPSA) is 38.7 Å². The van der Waals surface area contributed by atoms with Gasteiger partial charge in [-0.05, 0) is 24.8 Å². The van der Waals surface area contributed by atoms with Crippen molar-refractivity contribution in [2.45, 2.75) is 51.1 Å². The number of aliphatic hydroxyl groups is 1. The van der Waals surface area contributed by atoms with E-state index < -0.39 is 5.79 Å². The maximum atomic E-state index is 9.17. The van der Waals surface area contributed by atoms with Gasteiger partial charge in [-0.2, -0.15) is 0 Å². The van der Waals surface area contributed by atoms with E-state index in [-0.39, 0.29) is 18.8 Å². The Morgan fingerprint density at radius 1 is 1.11 bits per heavy atom. The van der Waals surface area contributed by atoms with E-state index in [1.165, 1.54) is 0 Å². The zero-order chi connectivity index (χ0) is 13.0. The summed E-state index contributed by atoms with van der Waals surface area (Å²) in [5.41, 5.74) is 1.12. The molecular weight excluding hydrogens is 228 g/mol. The Balaban J connectivity index is 2.22. The molecule has 1 N–H and O–H groups in total. The Labute approximate surface area is 109 Å². The van der Waals surface area contributed by atoms with Crippen LogP contribution in [0.15, 0.2) is 30.3 Å². The van der Waals surface area contributed by atoms with Gasteiger partial charge in [0.25, 0.3) is 0 Å². The number of rotatable bonds is 5. The standard InChI is InChI=1S/C15H22O3/c1-3-15(4-2)17-13(10-11-16)14(18-15)12-8-6-5-7-9-12/h5-9,13-14,16H,3-4,10-11H2,1-2H3/t13-,14-/m1/s1. The Kier molecular flexibility index (Phi) is 4.38. The summed E-state index contributed by atoms with van der Waals surface area (Å²) in [4.78, 5) is 0. The molecule has 0 bridgehead atoms. The highest BCUT2D eigenvalue weighted by molar-refractivity contribution is 5.20. The maximum absolute atomic E-state index is 9.17. The summed E-state index contributed by atoms with van der Waals surface area (Å²) >= 11 is 0. The summed E-state index contributed by atoms with van der Waals surface area (Å²) in [6.07, 6.45) is 2.14. The second-order valence-electron chi connectivity index (χ2n) is 4.74. The lowest BCUT2D eigenvalue weighted by Gasteiger charge is -2.25. The van der Waals surface area contributed by atoms with E-state index in [1.807, 2.05) is 18.2 Å². The molecule has 1 saturated heterocycles. The lowest BCUT2D eigenvalue weighted by Crippen LogP contribution is -2.29. The van der Waals surface area contributed by atoms with Crippen molar-refractivity contribution in [3.05, 3.63) is 35.9 Å². The van der Waals surface area contributed by atoms with Crippen molar-refractivity contribution >= 4 is 0 Å². The first-order chi connectivity index (χ1) is 8.74. The lowest BCUT2D eigenvalue weighted by atomic mass is 10.0. The SMILES string of the molecule is CCC1(CC)O[C@H](c2ccccc2)[C@@H](CCO)O1. The van der Waals surface area contributed by atoms with Crippen molar-refractivity contribution < 1.29 is 14.6 Å². The average Bonchev–Trinajstić information content (AvgIpc) is 2.80. The molecule has 100 valence electrons. The monoisotopic (exact) mass is 250 g/mol. The molecule has 2 rings (SSSR count). The van der Waals surface area contributed by atoms with Crippen LogP contribution in [-0.2, 0) is 9.47 Å². The van der Waals surface area contributed by atoms with Crippen LogP contribution in [0.1, 0.15) is 44.8 Å². The van der Waals surface area contributed by atoms with E-state index in [0.29, 0.717) is 6.42 Å². The van der Waals surface area contributed by atoms with Crippen molar-refractivity contribution in [2.24, 2.45) is 0 Å². The summed E-state index contributed by atoms with van der Waals surface area (Å²) < 4.78 is 12.2. The highest BCUT2D eigenvalue weighted by Crippen LogP contribution is 2.43. The van der Waals surface area contributed by atoms with Gasteiger partial charge in [-0.3, -0.25) is 0 Å². The van der Waals surface area contributed by atoms with Gasteiger partial charge in [-0.15, -0.1) is 0 Å². The number of ether oxygens (including phenoxy) is 2. The first kappa shape index (κ1) is 13.5. The number of aliphatic hydroxyl groups excluding tert-OH is 1. The van der Waals surface area contributed by atoms with Crippen LogP contribution in [0.2, 0.25) is 0 Å². The van der Waals surface area contributed by atoms with Crippen molar-refractivity contribution in [1.82, 2.24) is 0 Å². The fourth-order valence-corrected chi connectivity index (χ4v) is 2.52. The third-order valence-electron chi connectivity index (χ3n) is 3.66. The fourth-order valence-electron chi connectivity index (χ4n) is 2.52. The van der Waals surface area contributed by atoms with Gasteiger partial charge in [0.2, 0.25) is 0 Å². The van der Waals surface area contributed by atoms with Crippen LogP contribution in [-0.4, -0.2) is 23.6 Å². The first-order valence-corrected chi connectivity index (χ1v) is 6.76. The number of benzene rings is 1. The molecule has 1 fully saturated rings. The molecule has 0 aliphatic carbocycles. The molecule has 1 heterocycles. The molecule has 0 amide bonds. The van der Waals surface area contributed by atoms with E-state index in [9.17, 15) is 5.11 Å². The van der Waals surface area contributed by atoms with Gasteiger partial charge in [0.15, 0.2) is 5.79 Å². The molecule has 0 saturated carbocycles. The van der Waals surface area contributed by atoms with Crippen molar-refractivity contribution in [2.75, 3.05) is 6.61 Å². The number of hydrogen-bond acceptors (Lipinski definition) is 3. The van der Waals surface area contributed by atoms with Gasteiger partial charge in [-0.1, -0.05) is 44.2 Å². The van der Waals surface area contributed by atoms with Crippen LogP contribution in [0.5, 0.6) is 0 Å². The zero-order valence-corrected chi connectivity index (χ0v) is 11.1. The summed E-state index contributed by atoms with van der Waals surface area (Å²) in [5.74, 6) is -0.486. The molecule has 0 radical (unpaired) electrons.